The Kier molecular flexibility index (Phi) is 4.15. The molecule has 22 heavy (non-hydrogen) atoms. The van der Waals surface area contributed by atoms with Crippen LogP contribution in [0.4, 0.5) is 5.13 Å². The fraction of sp³-hybridized carbons (Fsp3) is 0.333. The zero-order valence-corrected chi connectivity index (χ0v) is 13.3. The van der Waals surface area contributed by atoms with Crippen molar-refractivity contribution in [2.75, 3.05) is 5.32 Å². The second-order valence-corrected chi connectivity index (χ2v) is 6.12. The molecule has 0 fully saturated rings. The number of rotatable bonds is 5. The Hall–Kier alpha value is -2.28. The van der Waals surface area contributed by atoms with Crippen LogP contribution in [0.1, 0.15) is 28.1 Å². The van der Waals surface area contributed by atoms with Gasteiger partial charge in [0.2, 0.25) is 5.91 Å². The molecule has 1 atom stereocenters. The highest BCUT2D eigenvalue weighted by Crippen LogP contribution is 2.28. The molecule has 6 nitrogen and oxygen atoms in total. The molecule has 0 aliphatic heterocycles. The second kappa shape index (κ2) is 6.23. The van der Waals surface area contributed by atoms with Crippen molar-refractivity contribution in [2.45, 2.75) is 26.7 Å². The molecule has 116 valence electrons. The molecular formula is C15H19N5OS. The van der Waals surface area contributed by atoms with Crippen molar-refractivity contribution < 1.29 is 6.22 Å². The van der Waals surface area contributed by atoms with Gasteiger partial charge in [0.25, 0.3) is 0 Å². The van der Waals surface area contributed by atoms with E-state index in [4.69, 9.17) is 0 Å². The smallest absolute Gasteiger partial charge is 0.226 e. The monoisotopic (exact) mass is 317 g/mol. The van der Waals surface area contributed by atoms with Crippen LogP contribution in [0.3, 0.4) is 0 Å². The van der Waals surface area contributed by atoms with Crippen LogP contribution in [0.5, 0.6) is 0 Å². The molecule has 0 radical (unpaired) electrons. The summed E-state index contributed by atoms with van der Waals surface area (Å²) < 4.78 is 0. The lowest BCUT2D eigenvalue weighted by molar-refractivity contribution is -0.117. The number of H-pyrrole nitrogens is 1. The Morgan fingerprint density at radius 3 is 3.18 bits per heavy atom. The Morgan fingerprint density at radius 2 is 2.36 bits per heavy atom. The Bertz CT molecular complexity index is 800. The van der Waals surface area contributed by atoms with Gasteiger partial charge < -0.3 is 10.3 Å². The maximum atomic E-state index is 11.9. The molecule has 3 aromatic rings. The number of fused-ring (bicyclic) bond motifs is 1. The molecule has 7 heteroatoms. The number of hydrogen-bond acceptors (Lipinski definition) is 5. The molecule has 0 aliphatic carbocycles. The van der Waals surface area contributed by atoms with Crippen molar-refractivity contribution in [3.8, 4) is 11.4 Å². The minimum atomic E-state index is 0. The number of carbonyl (C=O) groups excluding carboxylic acids is 1. The summed E-state index contributed by atoms with van der Waals surface area (Å²) >= 11 is 1.40. The SMILES string of the molecule is CCC(C)CC(=O)Nc1nc(-c2ncnc3[nH]ccc23)cs1.[HH]. The van der Waals surface area contributed by atoms with Gasteiger partial charge in [0.15, 0.2) is 5.13 Å². The van der Waals surface area contributed by atoms with Crippen molar-refractivity contribution in [3.63, 3.8) is 0 Å². The molecule has 2 N–H and O–H groups in total. The fourth-order valence-corrected chi connectivity index (χ4v) is 2.86. The lowest BCUT2D eigenvalue weighted by atomic mass is 10.1. The fourth-order valence-electron chi connectivity index (χ4n) is 2.15. The van der Waals surface area contributed by atoms with Crippen LogP contribution in [-0.2, 0) is 4.79 Å². The van der Waals surface area contributed by atoms with Gasteiger partial charge in [0.1, 0.15) is 23.4 Å². The third-order valence-corrected chi connectivity index (χ3v) is 4.34. The molecule has 0 saturated heterocycles. The summed E-state index contributed by atoms with van der Waals surface area (Å²) in [6, 6.07) is 1.92. The zero-order valence-electron chi connectivity index (χ0n) is 12.5. The van der Waals surface area contributed by atoms with Crippen LogP contribution in [0, 0.1) is 5.92 Å². The number of aromatic nitrogens is 4. The Morgan fingerprint density at radius 1 is 1.50 bits per heavy atom. The summed E-state index contributed by atoms with van der Waals surface area (Å²) in [5, 5.41) is 6.28. The predicted octanol–water partition coefficient (Wildman–Crippen LogP) is 3.70. The van der Waals surface area contributed by atoms with Crippen LogP contribution in [-0.4, -0.2) is 25.8 Å². The molecule has 0 aromatic carbocycles. The molecule has 0 aliphatic rings. The van der Waals surface area contributed by atoms with Gasteiger partial charge in [-0.2, -0.15) is 0 Å². The van der Waals surface area contributed by atoms with E-state index in [1.54, 1.807) is 0 Å². The number of thiazole rings is 1. The second-order valence-electron chi connectivity index (χ2n) is 5.27. The molecule has 0 saturated carbocycles. The molecule has 0 bridgehead atoms. The molecule has 0 spiro atoms. The average molecular weight is 317 g/mol. The van der Waals surface area contributed by atoms with Gasteiger partial charge in [0.05, 0.1) is 0 Å². The summed E-state index contributed by atoms with van der Waals surface area (Å²) in [6.45, 7) is 4.15. The Balaban J connectivity index is 0.00000192. The van der Waals surface area contributed by atoms with Crippen LogP contribution < -0.4 is 5.32 Å². The molecule has 3 heterocycles. The minimum absolute atomic E-state index is 0. The largest absolute Gasteiger partial charge is 0.346 e. The number of hydrogen-bond donors (Lipinski definition) is 2. The maximum Gasteiger partial charge on any atom is 0.226 e. The van der Waals surface area contributed by atoms with Gasteiger partial charge in [-0.1, -0.05) is 20.3 Å². The first-order valence-electron chi connectivity index (χ1n) is 7.21. The van der Waals surface area contributed by atoms with E-state index >= 15 is 0 Å². The number of nitrogens with one attached hydrogen (secondary N) is 2. The van der Waals surface area contributed by atoms with E-state index in [1.807, 2.05) is 17.6 Å². The zero-order chi connectivity index (χ0) is 15.5. The Labute approximate surface area is 133 Å². The first kappa shape index (κ1) is 14.6. The van der Waals surface area contributed by atoms with Gasteiger partial charge >= 0.3 is 0 Å². The standard InChI is InChI=1S/C15H17N5OS.H2/c1-3-9(2)6-12(21)20-15-19-11(7-22-15)13-10-4-5-16-14(10)18-8-17-13;/h4-5,7-9H,3,6H2,1-2H3,(H,16,17,18)(H,19,20,21);1H. The number of anilines is 1. The highest BCUT2D eigenvalue weighted by molar-refractivity contribution is 7.14. The van der Waals surface area contributed by atoms with Crippen molar-refractivity contribution in [1.29, 1.82) is 0 Å². The van der Waals surface area contributed by atoms with E-state index in [9.17, 15) is 4.79 Å². The predicted molar refractivity (Wildman–Crippen MR) is 89.8 cm³/mol. The highest BCUT2D eigenvalue weighted by atomic mass is 32.1. The van der Waals surface area contributed by atoms with Gasteiger partial charge in [-0.3, -0.25) is 4.79 Å². The van der Waals surface area contributed by atoms with Gasteiger partial charge in [-0.05, 0) is 12.0 Å². The third-order valence-electron chi connectivity index (χ3n) is 3.58. The van der Waals surface area contributed by atoms with Crippen molar-refractivity contribution >= 4 is 33.4 Å². The topological polar surface area (TPSA) is 83.6 Å². The van der Waals surface area contributed by atoms with Crippen molar-refractivity contribution in [1.82, 2.24) is 19.9 Å². The third kappa shape index (κ3) is 2.99. The maximum absolute atomic E-state index is 11.9. The van der Waals surface area contributed by atoms with Crippen LogP contribution in [0.15, 0.2) is 24.0 Å². The molecule has 3 aromatic heterocycles. The number of nitrogens with zero attached hydrogens (tertiary/aromatic N) is 3. The lowest BCUT2D eigenvalue weighted by Gasteiger charge is -2.06. The van der Waals surface area contributed by atoms with E-state index in [1.165, 1.54) is 17.7 Å². The minimum Gasteiger partial charge on any atom is -0.346 e. The highest BCUT2D eigenvalue weighted by Gasteiger charge is 2.13. The molecular weight excluding hydrogens is 298 g/mol. The number of aromatic amines is 1. The number of carbonyl (C=O) groups is 1. The van der Waals surface area contributed by atoms with Crippen LogP contribution in [0.2, 0.25) is 0 Å². The summed E-state index contributed by atoms with van der Waals surface area (Å²) in [7, 11) is 0. The van der Waals surface area contributed by atoms with E-state index < -0.39 is 0 Å². The summed E-state index contributed by atoms with van der Waals surface area (Å²) in [6.07, 6.45) is 4.84. The van der Waals surface area contributed by atoms with E-state index in [0.29, 0.717) is 17.5 Å². The van der Waals surface area contributed by atoms with Crippen LogP contribution >= 0.6 is 11.3 Å². The van der Waals surface area contributed by atoms with Gasteiger partial charge in [0, 0.05) is 24.8 Å². The van der Waals surface area contributed by atoms with E-state index in [0.717, 1.165) is 28.8 Å². The lowest BCUT2D eigenvalue weighted by Crippen LogP contribution is -2.14. The van der Waals surface area contributed by atoms with Gasteiger partial charge in [-0.15, -0.1) is 11.3 Å². The van der Waals surface area contributed by atoms with Crippen LogP contribution in [0.25, 0.3) is 22.4 Å². The van der Waals surface area contributed by atoms with Gasteiger partial charge in [-0.25, -0.2) is 15.0 Å². The molecule has 1 amide bonds. The summed E-state index contributed by atoms with van der Waals surface area (Å²) in [4.78, 5) is 27.9. The van der Waals surface area contributed by atoms with E-state index in [-0.39, 0.29) is 7.33 Å². The van der Waals surface area contributed by atoms with Crippen molar-refractivity contribution in [3.05, 3.63) is 24.0 Å². The first-order chi connectivity index (χ1) is 10.7. The molecule has 1 unspecified atom stereocenters. The average Bonchev–Trinajstić information content (AvgIpc) is 3.15. The van der Waals surface area contributed by atoms with Crippen molar-refractivity contribution in [2.24, 2.45) is 5.92 Å². The number of amides is 1. The molecule has 3 rings (SSSR count). The normalized spacial score (nSPS) is 12.5. The first-order valence-corrected chi connectivity index (χ1v) is 8.09. The quantitative estimate of drug-likeness (QED) is 0.751. The summed E-state index contributed by atoms with van der Waals surface area (Å²) in [5.74, 6) is 0.380. The van der Waals surface area contributed by atoms with E-state index in [2.05, 4.69) is 39.1 Å². The summed E-state index contributed by atoms with van der Waals surface area (Å²) in [5.41, 5.74) is 2.29.